The molecule has 1 aromatic carbocycles. The van der Waals surface area contributed by atoms with Crippen molar-refractivity contribution in [2.45, 2.75) is 32.5 Å². The van der Waals surface area contributed by atoms with E-state index in [0.717, 1.165) is 22.5 Å². The molecule has 146 valence electrons. The van der Waals surface area contributed by atoms with E-state index in [9.17, 15) is 9.59 Å². The Balaban J connectivity index is 1.64. The van der Waals surface area contributed by atoms with Crippen LogP contribution in [0.3, 0.4) is 0 Å². The molecule has 0 aliphatic heterocycles. The molecule has 0 bridgehead atoms. The van der Waals surface area contributed by atoms with Gasteiger partial charge in [0.25, 0.3) is 5.56 Å². The Kier molecular flexibility index (Phi) is 6.26. The van der Waals surface area contributed by atoms with E-state index in [2.05, 4.69) is 15.3 Å². The molecule has 0 fully saturated rings. The van der Waals surface area contributed by atoms with E-state index in [1.165, 1.54) is 11.8 Å². The molecule has 2 aromatic heterocycles. The molecule has 0 radical (unpaired) electrons. The van der Waals surface area contributed by atoms with E-state index in [4.69, 9.17) is 11.6 Å². The fourth-order valence-corrected chi connectivity index (χ4v) is 3.87. The van der Waals surface area contributed by atoms with E-state index in [1.807, 2.05) is 55.8 Å². The molecule has 0 saturated carbocycles. The normalized spacial score (nSPS) is 10.9. The predicted octanol–water partition coefficient (Wildman–Crippen LogP) is 3.55. The number of amides is 1. The molecule has 0 saturated heterocycles. The Labute approximate surface area is 172 Å². The van der Waals surface area contributed by atoms with Crippen molar-refractivity contribution in [1.82, 2.24) is 19.9 Å². The van der Waals surface area contributed by atoms with E-state index in [0.29, 0.717) is 15.7 Å². The number of thioether (sulfide) groups is 1. The smallest absolute Gasteiger partial charge is 0.253 e. The Bertz CT molecular complexity index is 1070. The molecule has 0 unspecified atom stereocenters. The zero-order valence-electron chi connectivity index (χ0n) is 15.9. The zero-order chi connectivity index (χ0) is 20.3. The van der Waals surface area contributed by atoms with Crippen molar-refractivity contribution in [3.05, 3.63) is 74.4 Å². The number of nitrogens with zero attached hydrogens (tertiary/aromatic N) is 2. The van der Waals surface area contributed by atoms with Gasteiger partial charge >= 0.3 is 0 Å². The molecule has 1 amide bonds. The van der Waals surface area contributed by atoms with Crippen LogP contribution in [-0.2, 0) is 11.3 Å². The standard InChI is InChI=1S/C20H21ClN4O2S/c1-12-9-13(2)24-19(27)15(12)10-23-18(26)11-28-20-22-7-8-25(20)17-6-4-5-16(21)14(17)3/h4-9H,10-11H2,1-3H3,(H,23,26)(H,24,27). The van der Waals surface area contributed by atoms with Gasteiger partial charge in [0.05, 0.1) is 11.4 Å². The Morgan fingerprint density at radius 2 is 2.11 bits per heavy atom. The fraction of sp³-hybridized carbons (Fsp3) is 0.250. The zero-order valence-corrected chi connectivity index (χ0v) is 17.4. The monoisotopic (exact) mass is 416 g/mol. The number of rotatable bonds is 6. The van der Waals surface area contributed by atoms with E-state index < -0.39 is 0 Å². The highest BCUT2D eigenvalue weighted by Gasteiger charge is 2.13. The summed E-state index contributed by atoms with van der Waals surface area (Å²) in [7, 11) is 0. The summed E-state index contributed by atoms with van der Waals surface area (Å²) in [6.45, 7) is 5.84. The molecule has 6 nitrogen and oxygen atoms in total. The van der Waals surface area contributed by atoms with Gasteiger partial charge in [-0.15, -0.1) is 0 Å². The first-order valence-corrected chi connectivity index (χ1v) is 10.1. The molecule has 0 atom stereocenters. The van der Waals surface area contributed by atoms with Crippen molar-refractivity contribution in [2.75, 3.05) is 5.75 Å². The van der Waals surface area contributed by atoms with Crippen molar-refractivity contribution >= 4 is 29.3 Å². The van der Waals surface area contributed by atoms with Gasteiger partial charge < -0.3 is 10.3 Å². The van der Waals surface area contributed by atoms with Crippen molar-refractivity contribution in [2.24, 2.45) is 0 Å². The van der Waals surface area contributed by atoms with Gasteiger partial charge in [-0.1, -0.05) is 29.4 Å². The van der Waals surface area contributed by atoms with Crippen LogP contribution < -0.4 is 10.9 Å². The van der Waals surface area contributed by atoms with E-state index in [1.54, 1.807) is 6.20 Å². The first kappa shape index (κ1) is 20.2. The third-order valence-electron chi connectivity index (χ3n) is 4.39. The number of aryl methyl sites for hydroxylation is 2. The highest BCUT2D eigenvalue weighted by molar-refractivity contribution is 7.99. The van der Waals surface area contributed by atoms with Crippen LogP contribution in [0.2, 0.25) is 5.02 Å². The Morgan fingerprint density at radius 3 is 2.86 bits per heavy atom. The molecular formula is C20H21ClN4O2S. The fourth-order valence-electron chi connectivity index (χ4n) is 2.91. The van der Waals surface area contributed by atoms with Crippen molar-refractivity contribution in [1.29, 1.82) is 0 Å². The molecule has 2 heterocycles. The Hall–Kier alpha value is -2.51. The number of aromatic amines is 1. The number of benzene rings is 1. The third kappa shape index (κ3) is 4.48. The summed E-state index contributed by atoms with van der Waals surface area (Å²) in [4.78, 5) is 31.4. The average Bonchev–Trinajstić information content (AvgIpc) is 3.09. The summed E-state index contributed by atoms with van der Waals surface area (Å²) in [5.41, 5.74) is 3.94. The number of imidazole rings is 1. The van der Waals surface area contributed by atoms with Crippen LogP contribution >= 0.6 is 23.4 Å². The summed E-state index contributed by atoms with van der Waals surface area (Å²) in [5, 5.41) is 4.18. The van der Waals surface area contributed by atoms with Gasteiger partial charge in [-0.2, -0.15) is 0 Å². The highest BCUT2D eigenvalue weighted by atomic mass is 35.5. The number of H-pyrrole nitrogens is 1. The van der Waals surface area contributed by atoms with Crippen LogP contribution in [0.1, 0.15) is 22.4 Å². The van der Waals surface area contributed by atoms with Crippen LogP contribution in [0.25, 0.3) is 5.69 Å². The van der Waals surface area contributed by atoms with Gasteiger partial charge in [-0.05, 0) is 50.1 Å². The van der Waals surface area contributed by atoms with Gasteiger partial charge in [0.15, 0.2) is 5.16 Å². The summed E-state index contributed by atoms with van der Waals surface area (Å²) < 4.78 is 1.91. The van der Waals surface area contributed by atoms with Gasteiger partial charge in [-0.25, -0.2) is 4.98 Å². The topological polar surface area (TPSA) is 79.8 Å². The maximum atomic E-state index is 12.3. The number of carbonyl (C=O) groups excluding carboxylic acids is 1. The maximum absolute atomic E-state index is 12.3. The lowest BCUT2D eigenvalue weighted by Crippen LogP contribution is -2.29. The summed E-state index contributed by atoms with van der Waals surface area (Å²) >= 11 is 7.54. The molecule has 28 heavy (non-hydrogen) atoms. The van der Waals surface area contributed by atoms with Gasteiger partial charge in [0, 0.05) is 35.2 Å². The number of nitrogens with one attached hydrogen (secondary N) is 2. The minimum atomic E-state index is -0.169. The van der Waals surface area contributed by atoms with E-state index in [-0.39, 0.29) is 23.8 Å². The first-order chi connectivity index (χ1) is 13.4. The number of aromatic nitrogens is 3. The highest BCUT2D eigenvalue weighted by Crippen LogP contribution is 2.26. The minimum absolute atomic E-state index is 0.165. The van der Waals surface area contributed by atoms with Crippen LogP contribution in [0.5, 0.6) is 0 Å². The second kappa shape index (κ2) is 8.67. The maximum Gasteiger partial charge on any atom is 0.253 e. The van der Waals surface area contributed by atoms with Crippen LogP contribution in [0.4, 0.5) is 0 Å². The lowest BCUT2D eigenvalue weighted by Gasteiger charge is -2.12. The van der Waals surface area contributed by atoms with Crippen LogP contribution in [-0.4, -0.2) is 26.2 Å². The molecule has 0 aliphatic rings. The van der Waals surface area contributed by atoms with Crippen molar-refractivity contribution in [3.8, 4) is 5.69 Å². The van der Waals surface area contributed by atoms with Crippen LogP contribution in [0, 0.1) is 20.8 Å². The summed E-state index contributed by atoms with van der Waals surface area (Å²) in [5.74, 6) is 0.0288. The number of carbonyl (C=O) groups is 1. The molecule has 3 aromatic rings. The lowest BCUT2D eigenvalue weighted by molar-refractivity contribution is -0.118. The first-order valence-electron chi connectivity index (χ1n) is 8.74. The van der Waals surface area contributed by atoms with Crippen molar-refractivity contribution < 1.29 is 4.79 Å². The quantitative estimate of drug-likeness (QED) is 0.602. The predicted molar refractivity (Wildman–Crippen MR) is 112 cm³/mol. The minimum Gasteiger partial charge on any atom is -0.351 e. The van der Waals surface area contributed by atoms with Gasteiger partial charge in [0.2, 0.25) is 5.91 Å². The van der Waals surface area contributed by atoms with Gasteiger partial charge in [0.1, 0.15) is 0 Å². The summed E-state index contributed by atoms with van der Waals surface area (Å²) in [6, 6.07) is 7.57. The second-order valence-electron chi connectivity index (χ2n) is 6.47. The molecule has 0 spiro atoms. The number of hydrogen-bond acceptors (Lipinski definition) is 4. The number of hydrogen-bond donors (Lipinski definition) is 2. The molecule has 3 rings (SSSR count). The van der Waals surface area contributed by atoms with Crippen LogP contribution in [0.15, 0.2) is 46.6 Å². The summed E-state index contributed by atoms with van der Waals surface area (Å²) in [6.07, 6.45) is 3.53. The molecule has 8 heteroatoms. The van der Waals surface area contributed by atoms with Crippen molar-refractivity contribution in [3.63, 3.8) is 0 Å². The van der Waals surface area contributed by atoms with E-state index >= 15 is 0 Å². The number of halogens is 1. The average molecular weight is 417 g/mol. The molecule has 2 N–H and O–H groups in total. The Morgan fingerprint density at radius 1 is 1.32 bits per heavy atom. The lowest BCUT2D eigenvalue weighted by atomic mass is 10.1. The third-order valence-corrected chi connectivity index (χ3v) is 5.77. The second-order valence-corrected chi connectivity index (χ2v) is 7.82. The number of pyridine rings is 1. The van der Waals surface area contributed by atoms with Gasteiger partial charge in [-0.3, -0.25) is 14.2 Å². The molecular weight excluding hydrogens is 396 g/mol. The molecule has 0 aliphatic carbocycles. The largest absolute Gasteiger partial charge is 0.351 e. The SMILES string of the molecule is Cc1cc(C)c(CNC(=O)CSc2nccn2-c2cccc(Cl)c2C)c(=O)[nH]1.